The number of rotatable bonds is 3. The number of hydrogen-bond donors (Lipinski definition) is 1. The third kappa shape index (κ3) is 3.12. The van der Waals surface area contributed by atoms with E-state index in [2.05, 4.69) is 5.32 Å². The summed E-state index contributed by atoms with van der Waals surface area (Å²) in [6, 6.07) is 10.9. The zero-order valence-electron chi connectivity index (χ0n) is 13.1. The number of amides is 2. The van der Waals surface area contributed by atoms with Crippen molar-refractivity contribution in [3.8, 4) is 0 Å². The summed E-state index contributed by atoms with van der Waals surface area (Å²) in [5.41, 5.74) is 1.65. The Balaban J connectivity index is 1.74. The van der Waals surface area contributed by atoms with Gasteiger partial charge in [-0.2, -0.15) is 0 Å². The van der Waals surface area contributed by atoms with Crippen molar-refractivity contribution >= 4 is 29.1 Å². The first-order valence-corrected chi connectivity index (χ1v) is 7.98. The van der Waals surface area contributed by atoms with Crippen LogP contribution in [0.25, 0.3) is 0 Å². The van der Waals surface area contributed by atoms with Gasteiger partial charge in [0.2, 0.25) is 5.91 Å². The molecule has 3 rings (SSSR count). The summed E-state index contributed by atoms with van der Waals surface area (Å²) >= 11 is 5.89. The van der Waals surface area contributed by atoms with Crippen molar-refractivity contribution in [2.75, 3.05) is 11.4 Å². The van der Waals surface area contributed by atoms with Crippen molar-refractivity contribution in [2.24, 2.45) is 0 Å². The van der Waals surface area contributed by atoms with Crippen LogP contribution in [0.5, 0.6) is 0 Å². The minimum absolute atomic E-state index is 0.0216. The van der Waals surface area contributed by atoms with Gasteiger partial charge < -0.3 is 10.2 Å². The SMILES string of the molecule is Cc1ccc(N2CCC(NC(=O)c3c(F)cccc3Cl)C2=O)cc1. The van der Waals surface area contributed by atoms with Gasteiger partial charge in [0.25, 0.3) is 5.91 Å². The summed E-state index contributed by atoms with van der Waals surface area (Å²) in [5.74, 6) is -1.59. The summed E-state index contributed by atoms with van der Waals surface area (Å²) in [4.78, 5) is 26.4. The second-order valence-corrected chi connectivity index (χ2v) is 6.14. The summed E-state index contributed by atoms with van der Waals surface area (Å²) < 4.78 is 13.8. The number of aryl methyl sites for hydroxylation is 1. The first-order valence-electron chi connectivity index (χ1n) is 7.60. The molecule has 0 spiro atoms. The monoisotopic (exact) mass is 346 g/mol. The van der Waals surface area contributed by atoms with E-state index in [9.17, 15) is 14.0 Å². The van der Waals surface area contributed by atoms with Crippen LogP contribution in [0, 0.1) is 12.7 Å². The molecule has 2 amide bonds. The molecule has 1 N–H and O–H groups in total. The molecule has 1 aliphatic heterocycles. The van der Waals surface area contributed by atoms with Gasteiger partial charge >= 0.3 is 0 Å². The molecule has 0 aliphatic carbocycles. The molecule has 0 saturated carbocycles. The van der Waals surface area contributed by atoms with Crippen LogP contribution in [0.1, 0.15) is 22.3 Å². The van der Waals surface area contributed by atoms with Gasteiger partial charge in [-0.25, -0.2) is 4.39 Å². The molecule has 1 unspecified atom stereocenters. The Hall–Kier alpha value is -2.40. The van der Waals surface area contributed by atoms with Crippen molar-refractivity contribution < 1.29 is 14.0 Å². The number of halogens is 2. The maximum absolute atomic E-state index is 13.8. The van der Waals surface area contributed by atoms with Gasteiger partial charge in [0.15, 0.2) is 0 Å². The van der Waals surface area contributed by atoms with Gasteiger partial charge in [-0.1, -0.05) is 35.4 Å². The predicted octanol–water partition coefficient (Wildman–Crippen LogP) is 3.32. The van der Waals surface area contributed by atoms with Crippen LogP contribution in [0.4, 0.5) is 10.1 Å². The molecule has 2 aromatic rings. The molecule has 1 saturated heterocycles. The number of nitrogens with zero attached hydrogens (tertiary/aromatic N) is 1. The first kappa shape index (κ1) is 16.5. The largest absolute Gasteiger partial charge is 0.340 e. The Morgan fingerprint density at radius 2 is 1.96 bits per heavy atom. The topological polar surface area (TPSA) is 49.4 Å². The Kier molecular flexibility index (Phi) is 4.53. The van der Waals surface area contributed by atoms with Crippen LogP contribution in [0.15, 0.2) is 42.5 Å². The number of hydrogen-bond acceptors (Lipinski definition) is 2. The Morgan fingerprint density at radius 1 is 1.25 bits per heavy atom. The molecular weight excluding hydrogens is 331 g/mol. The molecule has 2 aromatic carbocycles. The van der Waals surface area contributed by atoms with E-state index >= 15 is 0 Å². The maximum Gasteiger partial charge on any atom is 0.256 e. The van der Waals surface area contributed by atoms with Crippen molar-refractivity contribution in [3.63, 3.8) is 0 Å². The fraction of sp³-hybridized carbons (Fsp3) is 0.222. The smallest absolute Gasteiger partial charge is 0.256 e. The molecule has 124 valence electrons. The Morgan fingerprint density at radius 3 is 2.62 bits per heavy atom. The van der Waals surface area contributed by atoms with E-state index in [1.807, 2.05) is 31.2 Å². The molecular formula is C18H16ClFN2O2. The predicted molar refractivity (Wildman–Crippen MR) is 90.8 cm³/mol. The van der Waals surface area contributed by atoms with Crippen molar-refractivity contribution in [2.45, 2.75) is 19.4 Å². The van der Waals surface area contributed by atoms with Gasteiger partial charge in [-0.15, -0.1) is 0 Å². The van der Waals surface area contributed by atoms with Crippen LogP contribution in [-0.2, 0) is 4.79 Å². The third-order valence-electron chi connectivity index (χ3n) is 4.05. The lowest BCUT2D eigenvalue weighted by molar-refractivity contribution is -0.118. The fourth-order valence-electron chi connectivity index (χ4n) is 2.74. The highest BCUT2D eigenvalue weighted by Gasteiger charge is 2.34. The fourth-order valence-corrected chi connectivity index (χ4v) is 2.99. The second kappa shape index (κ2) is 6.61. The molecule has 1 aliphatic rings. The van der Waals surface area contributed by atoms with Gasteiger partial charge in [0, 0.05) is 12.2 Å². The molecule has 6 heteroatoms. The zero-order chi connectivity index (χ0) is 17.3. The Bertz CT molecular complexity index is 772. The van der Waals surface area contributed by atoms with E-state index in [0.29, 0.717) is 13.0 Å². The van der Waals surface area contributed by atoms with E-state index in [-0.39, 0.29) is 16.5 Å². The minimum atomic E-state index is -0.708. The van der Waals surface area contributed by atoms with Gasteiger partial charge in [-0.05, 0) is 37.6 Å². The second-order valence-electron chi connectivity index (χ2n) is 5.74. The summed E-state index contributed by atoms with van der Waals surface area (Å²) in [6.45, 7) is 2.47. The average Bonchev–Trinajstić information content (AvgIpc) is 2.89. The van der Waals surface area contributed by atoms with E-state index in [4.69, 9.17) is 11.6 Å². The van der Waals surface area contributed by atoms with Crippen molar-refractivity contribution in [1.82, 2.24) is 5.32 Å². The standard InChI is InChI=1S/C18H16ClFN2O2/c1-11-5-7-12(8-6-11)22-10-9-15(18(22)24)21-17(23)16-13(19)3-2-4-14(16)20/h2-8,15H,9-10H2,1H3,(H,21,23). The van der Waals surface area contributed by atoms with Crippen LogP contribution >= 0.6 is 11.6 Å². The number of carbonyl (C=O) groups excluding carboxylic acids is 2. The van der Waals surface area contributed by atoms with E-state index in [1.165, 1.54) is 12.1 Å². The number of anilines is 1. The lowest BCUT2D eigenvalue weighted by Gasteiger charge is -2.17. The lowest BCUT2D eigenvalue weighted by atomic mass is 10.1. The minimum Gasteiger partial charge on any atom is -0.340 e. The molecule has 1 atom stereocenters. The highest BCUT2D eigenvalue weighted by Crippen LogP contribution is 2.23. The van der Waals surface area contributed by atoms with E-state index in [0.717, 1.165) is 17.3 Å². The van der Waals surface area contributed by atoms with Crippen LogP contribution in [0.2, 0.25) is 5.02 Å². The van der Waals surface area contributed by atoms with Crippen LogP contribution in [0.3, 0.4) is 0 Å². The molecule has 1 heterocycles. The molecule has 1 fully saturated rings. The maximum atomic E-state index is 13.8. The van der Waals surface area contributed by atoms with Crippen molar-refractivity contribution in [3.05, 3.63) is 64.4 Å². The number of nitrogens with one attached hydrogen (secondary N) is 1. The molecule has 0 radical (unpaired) electrons. The first-order chi connectivity index (χ1) is 11.5. The van der Waals surface area contributed by atoms with Crippen LogP contribution in [-0.4, -0.2) is 24.4 Å². The zero-order valence-corrected chi connectivity index (χ0v) is 13.8. The number of benzene rings is 2. The normalized spacial score (nSPS) is 17.2. The molecule has 24 heavy (non-hydrogen) atoms. The lowest BCUT2D eigenvalue weighted by Crippen LogP contribution is -2.41. The van der Waals surface area contributed by atoms with E-state index < -0.39 is 17.8 Å². The summed E-state index contributed by atoms with van der Waals surface area (Å²) in [7, 11) is 0. The quantitative estimate of drug-likeness (QED) is 0.926. The molecule has 0 aromatic heterocycles. The van der Waals surface area contributed by atoms with Gasteiger partial charge in [-0.3, -0.25) is 9.59 Å². The van der Waals surface area contributed by atoms with Crippen molar-refractivity contribution in [1.29, 1.82) is 0 Å². The van der Waals surface area contributed by atoms with E-state index in [1.54, 1.807) is 4.90 Å². The average molecular weight is 347 g/mol. The number of carbonyl (C=O) groups is 2. The molecule has 0 bridgehead atoms. The third-order valence-corrected chi connectivity index (χ3v) is 4.36. The highest BCUT2D eigenvalue weighted by atomic mass is 35.5. The summed E-state index contributed by atoms with van der Waals surface area (Å²) in [5, 5.41) is 2.60. The van der Waals surface area contributed by atoms with Crippen LogP contribution < -0.4 is 10.2 Å². The highest BCUT2D eigenvalue weighted by molar-refractivity contribution is 6.34. The van der Waals surface area contributed by atoms with Gasteiger partial charge in [0.1, 0.15) is 11.9 Å². The van der Waals surface area contributed by atoms with Gasteiger partial charge in [0.05, 0.1) is 10.6 Å². The Labute approximate surface area is 144 Å². The summed E-state index contributed by atoms with van der Waals surface area (Å²) in [6.07, 6.45) is 0.463. The molecule has 4 nitrogen and oxygen atoms in total.